The van der Waals surface area contributed by atoms with Gasteiger partial charge in [0.1, 0.15) is 0 Å². The summed E-state index contributed by atoms with van der Waals surface area (Å²) in [6.45, 7) is 7.82. The average molecular weight is 251 g/mol. The summed E-state index contributed by atoms with van der Waals surface area (Å²) in [6, 6.07) is 0.633. The molecule has 2 atom stereocenters. The summed E-state index contributed by atoms with van der Waals surface area (Å²) in [5.41, 5.74) is 0.639. The molecule has 1 aliphatic heterocycles. The third-order valence-corrected chi connectivity index (χ3v) is 5.41. The maximum Gasteiger partial charge on any atom is 0.0468 e. The minimum Gasteiger partial charge on any atom is -0.381 e. The monoisotopic (exact) mass is 251 g/mol. The van der Waals surface area contributed by atoms with Crippen LogP contribution in [0.25, 0.3) is 0 Å². The van der Waals surface area contributed by atoms with Crippen LogP contribution in [0, 0.1) is 23.2 Å². The molecule has 0 aromatic heterocycles. The lowest BCUT2D eigenvalue weighted by Gasteiger charge is -2.37. The molecule has 0 radical (unpaired) electrons. The molecule has 0 aromatic carbocycles. The Morgan fingerprint density at radius 3 is 2.44 bits per heavy atom. The van der Waals surface area contributed by atoms with E-state index in [0.29, 0.717) is 11.5 Å². The van der Waals surface area contributed by atoms with Gasteiger partial charge in [0.25, 0.3) is 0 Å². The molecule has 1 heterocycles. The van der Waals surface area contributed by atoms with Gasteiger partial charge >= 0.3 is 0 Å². The van der Waals surface area contributed by atoms with E-state index in [1.807, 2.05) is 0 Å². The van der Waals surface area contributed by atoms with Crippen LogP contribution >= 0.6 is 0 Å². The molecule has 2 saturated carbocycles. The van der Waals surface area contributed by atoms with Crippen molar-refractivity contribution in [3.63, 3.8) is 0 Å². The minimum absolute atomic E-state index is 0.633. The van der Waals surface area contributed by atoms with E-state index in [1.165, 1.54) is 45.1 Å². The van der Waals surface area contributed by atoms with Gasteiger partial charge in [0.15, 0.2) is 0 Å². The fraction of sp³-hybridized carbons (Fsp3) is 1.00. The normalized spacial score (nSPS) is 40.2. The zero-order valence-corrected chi connectivity index (χ0v) is 12.1. The number of ether oxygens (including phenoxy) is 1. The second-order valence-corrected chi connectivity index (χ2v) is 7.46. The van der Waals surface area contributed by atoms with Gasteiger partial charge in [-0.1, -0.05) is 13.8 Å². The van der Waals surface area contributed by atoms with E-state index in [4.69, 9.17) is 4.74 Å². The fourth-order valence-electron chi connectivity index (χ4n) is 4.37. The molecule has 18 heavy (non-hydrogen) atoms. The SMILES string of the molecule is CC(C)NCC1(CC2CCOCC2)CC2CC2C1. The Kier molecular flexibility index (Phi) is 3.68. The standard InChI is InChI=1S/C16H29NO/c1-12(2)17-11-16(9-14-7-15(14)10-16)8-13-3-5-18-6-4-13/h12-15,17H,3-11H2,1-2H3. The van der Waals surface area contributed by atoms with Gasteiger partial charge in [-0.2, -0.15) is 0 Å². The molecule has 3 rings (SSSR count). The predicted octanol–water partition coefficient (Wildman–Crippen LogP) is 3.22. The highest BCUT2D eigenvalue weighted by Crippen LogP contribution is 2.61. The summed E-state index contributed by atoms with van der Waals surface area (Å²) >= 11 is 0. The zero-order chi connectivity index (χ0) is 12.6. The first-order valence-electron chi connectivity index (χ1n) is 7.98. The lowest BCUT2D eigenvalue weighted by molar-refractivity contribution is 0.0444. The van der Waals surface area contributed by atoms with E-state index in [0.717, 1.165) is 31.0 Å². The van der Waals surface area contributed by atoms with Gasteiger partial charge in [0.2, 0.25) is 0 Å². The number of fused-ring (bicyclic) bond motifs is 1. The largest absolute Gasteiger partial charge is 0.381 e. The van der Waals surface area contributed by atoms with E-state index in [1.54, 1.807) is 0 Å². The molecule has 0 bridgehead atoms. The number of hydrogen-bond acceptors (Lipinski definition) is 2. The van der Waals surface area contributed by atoms with Crippen LogP contribution < -0.4 is 5.32 Å². The van der Waals surface area contributed by atoms with Crippen molar-refractivity contribution in [2.75, 3.05) is 19.8 Å². The van der Waals surface area contributed by atoms with Gasteiger partial charge in [0, 0.05) is 25.8 Å². The third-order valence-electron chi connectivity index (χ3n) is 5.41. The van der Waals surface area contributed by atoms with Crippen LogP contribution in [-0.2, 0) is 4.74 Å². The lowest BCUT2D eigenvalue weighted by atomic mass is 9.73. The molecule has 0 spiro atoms. The zero-order valence-electron chi connectivity index (χ0n) is 12.1. The van der Waals surface area contributed by atoms with Crippen molar-refractivity contribution in [3.05, 3.63) is 0 Å². The van der Waals surface area contributed by atoms with E-state index in [9.17, 15) is 0 Å². The Balaban J connectivity index is 1.58. The molecule has 2 nitrogen and oxygen atoms in total. The van der Waals surface area contributed by atoms with E-state index in [-0.39, 0.29) is 0 Å². The maximum atomic E-state index is 5.51. The molecule has 2 aliphatic carbocycles. The van der Waals surface area contributed by atoms with Crippen molar-refractivity contribution >= 4 is 0 Å². The van der Waals surface area contributed by atoms with Gasteiger partial charge in [-0.15, -0.1) is 0 Å². The van der Waals surface area contributed by atoms with E-state index >= 15 is 0 Å². The molecule has 1 saturated heterocycles. The molecule has 0 amide bonds. The molecular formula is C16H29NO. The molecule has 104 valence electrons. The van der Waals surface area contributed by atoms with Gasteiger partial charge in [0.05, 0.1) is 0 Å². The third kappa shape index (κ3) is 2.91. The summed E-state index contributed by atoms with van der Waals surface area (Å²) in [5, 5.41) is 3.73. The molecule has 0 aromatic rings. The number of nitrogens with one attached hydrogen (secondary N) is 1. The highest BCUT2D eigenvalue weighted by atomic mass is 16.5. The Hall–Kier alpha value is -0.0800. The Morgan fingerprint density at radius 1 is 1.17 bits per heavy atom. The minimum atomic E-state index is 0.633. The first-order valence-corrected chi connectivity index (χ1v) is 7.98. The van der Waals surface area contributed by atoms with Crippen LogP contribution in [-0.4, -0.2) is 25.8 Å². The van der Waals surface area contributed by atoms with Crippen molar-refractivity contribution in [3.8, 4) is 0 Å². The van der Waals surface area contributed by atoms with Crippen LogP contribution in [0.5, 0.6) is 0 Å². The quantitative estimate of drug-likeness (QED) is 0.810. The summed E-state index contributed by atoms with van der Waals surface area (Å²) in [7, 11) is 0. The van der Waals surface area contributed by atoms with Crippen molar-refractivity contribution < 1.29 is 4.74 Å². The van der Waals surface area contributed by atoms with Crippen LogP contribution in [0.2, 0.25) is 0 Å². The number of hydrogen-bond donors (Lipinski definition) is 1. The van der Waals surface area contributed by atoms with Gasteiger partial charge in [-0.3, -0.25) is 0 Å². The van der Waals surface area contributed by atoms with Crippen LogP contribution in [0.4, 0.5) is 0 Å². The topological polar surface area (TPSA) is 21.3 Å². The molecule has 3 aliphatic rings. The maximum absolute atomic E-state index is 5.51. The molecule has 3 fully saturated rings. The Morgan fingerprint density at radius 2 is 1.83 bits per heavy atom. The average Bonchev–Trinajstić information content (AvgIpc) is 2.97. The van der Waals surface area contributed by atoms with Crippen molar-refractivity contribution in [1.29, 1.82) is 0 Å². The first-order chi connectivity index (χ1) is 8.67. The lowest BCUT2D eigenvalue weighted by Crippen LogP contribution is -2.39. The van der Waals surface area contributed by atoms with Gasteiger partial charge < -0.3 is 10.1 Å². The molecule has 1 N–H and O–H groups in total. The summed E-state index contributed by atoms with van der Waals surface area (Å²) in [5.74, 6) is 3.13. The molecule has 2 heteroatoms. The first kappa shape index (κ1) is 12.9. The molecular weight excluding hydrogens is 222 g/mol. The fourth-order valence-corrected chi connectivity index (χ4v) is 4.37. The van der Waals surface area contributed by atoms with Crippen LogP contribution in [0.15, 0.2) is 0 Å². The highest BCUT2D eigenvalue weighted by molar-refractivity contribution is 5.04. The van der Waals surface area contributed by atoms with E-state index < -0.39 is 0 Å². The number of rotatable bonds is 5. The van der Waals surface area contributed by atoms with Crippen LogP contribution in [0.1, 0.15) is 52.4 Å². The Bertz CT molecular complexity index is 273. The smallest absolute Gasteiger partial charge is 0.0468 e. The summed E-state index contributed by atoms with van der Waals surface area (Å²) < 4.78 is 5.51. The Labute approximate surface area is 112 Å². The molecule has 2 unspecified atom stereocenters. The second-order valence-electron chi connectivity index (χ2n) is 7.46. The second kappa shape index (κ2) is 5.13. The van der Waals surface area contributed by atoms with Crippen molar-refractivity contribution in [2.24, 2.45) is 23.2 Å². The summed E-state index contributed by atoms with van der Waals surface area (Å²) in [4.78, 5) is 0. The van der Waals surface area contributed by atoms with Crippen molar-refractivity contribution in [2.45, 2.75) is 58.4 Å². The predicted molar refractivity (Wildman–Crippen MR) is 74.6 cm³/mol. The van der Waals surface area contributed by atoms with E-state index in [2.05, 4.69) is 19.2 Å². The van der Waals surface area contributed by atoms with Gasteiger partial charge in [-0.25, -0.2) is 0 Å². The van der Waals surface area contributed by atoms with Crippen molar-refractivity contribution in [1.82, 2.24) is 5.32 Å². The van der Waals surface area contributed by atoms with Crippen LogP contribution in [0.3, 0.4) is 0 Å². The highest BCUT2D eigenvalue weighted by Gasteiger charge is 2.53. The summed E-state index contributed by atoms with van der Waals surface area (Å²) in [6.07, 6.45) is 8.63. The van der Waals surface area contributed by atoms with Gasteiger partial charge in [-0.05, 0) is 61.7 Å².